The minimum atomic E-state index is -0.311. The zero-order valence-corrected chi connectivity index (χ0v) is 15.7. The van der Waals surface area contributed by atoms with E-state index in [9.17, 15) is 9.18 Å². The van der Waals surface area contributed by atoms with E-state index >= 15 is 0 Å². The Morgan fingerprint density at radius 3 is 2.85 bits per heavy atom. The molecule has 146 valence electrons. The van der Waals surface area contributed by atoms with Gasteiger partial charge in [-0.1, -0.05) is 6.42 Å². The van der Waals surface area contributed by atoms with Crippen LogP contribution in [0.3, 0.4) is 0 Å². The summed E-state index contributed by atoms with van der Waals surface area (Å²) in [7, 11) is 0. The molecule has 0 aliphatic carbocycles. The summed E-state index contributed by atoms with van der Waals surface area (Å²) < 4.78 is 23.9. The van der Waals surface area contributed by atoms with Crippen molar-refractivity contribution in [3.05, 3.63) is 53.7 Å². The summed E-state index contributed by atoms with van der Waals surface area (Å²) >= 11 is 0. The van der Waals surface area contributed by atoms with Crippen LogP contribution in [-0.4, -0.2) is 36.5 Å². The van der Waals surface area contributed by atoms with Gasteiger partial charge in [-0.05, 0) is 69.1 Å². The number of rotatable bonds is 8. The SMILES string of the molecule is CC1CCCCN1CCCNC(=O)c1ccc(COc2ccc(F)cc2)o1. The largest absolute Gasteiger partial charge is 0.486 e. The fourth-order valence-electron chi connectivity index (χ4n) is 3.32. The lowest BCUT2D eigenvalue weighted by Gasteiger charge is -2.33. The first-order chi connectivity index (χ1) is 13.1. The molecule has 27 heavy (non-hydrogen) atoms. The molecule has 1 aliphatic rings. The number of benzene rings is 1. The van der Waals surface area contributed by atoms with Crippen LogP contribution in [0.25, 0.3) is 0 Å². The molecular weight excluding hydrogens is 347 g/mol. The molecule has 3 rings (SSSR count). The minimum absolute atomic E-state index is 0.186. The minimum Gasteiger partial charge on any atom is -0.486 e. The number of carbonyl (C=O) groups excluding carboxylic acids is 1. The monoisotopic (exact) mass is 374 g/mol. The molecule has 1 saturated heterocycles. The Balaban J connectivity index is 1.38. The zero-order chi connectivity index (χ0) is 19.1. The van der Waals surface area contributed by atoms with Crippen LogP contribution in [0.1, 0.15) is 48.9 Å². The number of piperidine rings is 1. The second-order valence-electron chi connectivity index (χ2n) is 7.00. The van der Waals surface area contributed by atoms with Crippen LogP contribution >= 0.6 is 0 Å². The number of furan rings is 1. The average molecular weight is 374 g/mol. The third-order valence-corrected chi connectivity index (χ3v) is 4.93. The number of likely N-dealkylation sites (tertiary alicyclic amines) is 1. The number of hydrogen-bond donors (Lipinski definition) is 1. The lowest BCUT2D eigenvalue weighted by Crippen LogP contribution is -2.39. The van der Waals surface area contributed by atoms with Crippen LogP contribution in [0, 0.1) is 5.82 Å². The number of ether oxygens (including phenoxy) is 1. The van der Waals surface area contributed by atoms with Crippen molar-refractivity contribution in [2.24, 2.45) is 0 Å². The van der Waals surface area contributed by atoms with Gasteiger partial charge in [-0.25, -0.2) is 4.39 Å². The van der Waals surface area contributed by atoms with E-state index in [0.29, 0.717) is 24.1 Å². The molecule has 0 radical (unpaired) electrons. The summed E-state index contributed by atoms with van der Waals surface area (Å²) in [4.78, 5) is 14.7. The van der Waals surface area contributed by atoms with Gasteiger partial charge in [0.2, 0.25) is 0 Å². The highest BCUT2D eigenvalue weighted by molar-refractivity contribution is 5.91. The molecule has 5 nitrogen and oxygen atoms in total. The molecule has 2 aromatic rings. The quantitative estimate of drug-likeness (QED) is 0.710. The number of nitrogens with one attached hydrogen (secondary N) is 1. The number of nitrogens with zero attached hydrogens (tertiary/aromatic N) is 1. The van der Waals surface area contributed by atoms with Gasteiger partial charge in [0.25, 0.3) is 5.91 Å². The Kier molecular flexibility index (Phi) is 6.87. The van der Waals surface area contributed by atoms with Crippen molar-refractivity contribution in [3.8, 4) is 5.75 Å². The summed E-state index contributed by atoms with van der Waals surface area (Å²) in [5.74, 6) is 0.847. The van der Waals surface area contributed by atoms with Crippen LogP contribution in [0.2, 0.25) is 0 Å². The fourth-order valence-corrected chi connectivity index (χ4v) is 3.32. The standard InChI is InChI=1S/C21H27FN2O3/c1-16-5-2-3-13-24(16)14-4-12-23-21(25)20-11-10-19(27-20)15-26-18-8-6-17(22)7-9-18/h6-11,16H,2-5,12-15H2,1H3,(H,23,25). The van der Waals surface area contributed by atoms with Gasteiger partial charge in [0.15, 0.2) is 5.76 Å². The van der Waals surface area contributed by atoms with E-state index in [-0.39, 0.29) is 24.1 Å². The summed E-state index contributed by atoms with van der Waals surface area (Å²) in [6.07, 6.45) is 4.78. The molecular formula is C21H27FN2O3. The lowest BCUT2D eigenvalue weighted by molar-refractivity contribution is 0.0917. The Bertz CT molecular complexity index is 729. The van der Waals surface area contributed by atoms with Gasteiger partial charge in [0.05, 0.1) is 0 Å². The van der Waals surface area contributed by atoms with E-state index in [1.807, 2.05) is 0 Å². The summed E-state index contributed by atoms with van der Waals surface area (Å²) in [6.45, 7) is 5.26. The first-order valence-electron chi connectivity index (χ1n) is 9.61. The number of carbonyl (C=O) groups is 1. The molecule has 1 N–H and O–H groups in total. The third-order valence-electron chi connectivity index (χ3n) is 4.93. The van der Waals surface area contributed by atoms with Crippen LogP contribution in [0.15, 0.2) is 40.8 Å². The van der Waals surface area contributed by atoms with Gasteiger partial charge in [-0.3, -0.25) is 4.79 Å². The molecule has 0 spiro atoms. The van der Waals surface area contributed by atoms with Crippen molar-refractivity contribution in [1.29, 1.82) is 0 Å². The second-order valence-corrected chi connectivity index (χ2v) is 7.00. The first-order valence-corrected chi connectivity index (χ1v) is 9.61. The molecule has 0 bridgehead atoms. The van der Waals surface area contributed by atoms with Crippen molar-refractivity contribution in [2.45, 2.75) is 45.3 Å². The van der Waals surface area contributed by atoms with Gasteiger partial charge in [-0.2, -0.15) is 0 Å². The molecule has 1 amide bonds. The highest BCUT2D eigenvalue weighted by Gasteiger charge is 2.17. The molecule has 1 aromatic heterocycles. The Labute approximate surface area is 159 Å². The van der Waals surface area contributed by atoms with E-state index in [1.165, 1.54) is 31.4 Å². The van der Waals surface area contributed by atoms with Gasteiger partial charge in [0, 0.05) is 19.1 Å². The van der Waals surface area contributed by atoms with Crippen LogP contribution < -0.4 is 10.1 Å². The van der Waals surface area contributed by atoms with E-state index in [0.717, 1.165) is 19.5 Å². The molecule has 1 unspecified atom stereocenters. The summed E-state index contributed by atoms with van der Waals surface area (Å²) in [5, 5.41) is 2.90. The number of hydrogen-bond acceptors (Lipinski definition) is 4. The molecule has 2 heterocycles. The summed E-state index contributed by atoms with van der Waals surface area (Å²) in [5.41, 5.74) is 0. The van der Waals surface area contributed by atoms with Gasteiger partial charge in [-0.15, -0.1) is 0 Å². The maximum Gasteiger partial charge on any atom is 0.286 e. The van der Waals surface area contributed by atoms with Crippen LogP contribution in [0.4, 0.5) is 4.39 Å². The van der Waals surface area contributed by atoms with Crippen molar-refractivity contribution < 1.29 is 18.3 Å². The van der Waals surface area contributed by atoms with Gasteiger partial charge >= 0.3 is 0 Å². The van der Waals surface area contributed by atoms with Gasteiger partial charge in [0.1, 0.15) is 23.9 Å². The van der Waals surface area contributed by atoms with E-state index in [2.05, 4.69) is 17.1 Å². The van der Waals surface area contributed by atoms with Crippen molar-refractivity contribution in [2.75, 3.05) is 19.6 Å². The first kappa shape index (κ1) is 19.4. The molecule has 1 aromatic carbocycles. The van der Waals surface area contributed by atoms with Crippen molar-refractivity contribution in [1.82, 2.24) is 10.2 Å². The topological polar surface area (TPSA) is 54.7 Å². The number of halogens is 1. The third kappa shape index (κ3) is 5.82. The molecule has 1 aliphatic heterocycles. The maximum atomic E-state index is 12.9. The average Bonchev–Trinajstić information content (AvgIpc) is 3.15. The van der Waals surface area contributed by atoms with Gasteiger partial charge < -0.3 is 19.4 Å². The Morgan fingerprint density at radius 2 is 2.07 bits per heavy atom. The molecule has 1 fully saturated rings. The normalized spacial score (nSPS) is 17.6. The number of amides is 1. The molecule has 6 heteroatoms. The Morgan fingerprint density at radius 1 is 1.26 bits per heavy atom. The fraction of sp³-hybridized carbons (Fsp3) is 0.476. The van der Waals surface area contributed by atoms with Crippen molar-refractivity contribution >= 4 is 5.91 Å². The van der Waals surface area contributed by atoms with E-state index in [4.69, 9.17) is 9.15 Å². The predicted octanol–water partition coefficient (Wildman–Crippen LogP) is 3.99. The smallest absolute Gasteiger partial charge is 0.286 e. The predicted molar refractivity (Wildman–Crippen MR) is 101 cm³/mol. The molecule has 0 saturated carbocycles. The Hall–Kier alpha value is -2.34. The zero-order valence-electron chi connectivity index (χ0n) is 15.7. The van der Waals surface area contributed by atoms with E-state index in [1.54, 1.807) is 24.3 Å². The maximum absolute atomic E-state index is 12.9. The molecule has 1 atom stereocenters. The van der Waals surface area contributed by atoms with Crippen LogP contribution in [0.5, 0.6) is 5.75 Å². The van der Waals surface area contributed by atoms with Crippen molar-refractivity contribution in [3.63, 3.8) is 0 Å². The highest BCUT2D eigenvalue weighted by Crippen LogP contribution is 2.17. The highest BCUT2D eigenvalue weighted by atomic mass is 19.1. The van der Waals surface area contributed by atoms with Crippen LogP contribution in [-0.2, 0) is 6.61 Å². The lowest BCUT2D eigenvalue weighted by atomic mass is 10.0. The van der Waals surface area contributed by atoms with E-state index < -0.39 is 0 Å². The summed E-state index contributed by atoms with van der Waals surface area (Å²) in [6, 6.07) is 9.77. The second kappa shape index (κ2) is 9.55.